The number of methoxy groups -OCH3 is 2. The number of rotatable bonds is 6. The molecule has 1 aliphatic heterocycles. The Bertz CT molecular complexity index is 1130. The molecule has 9 heteroatoms. The summed E-state index contributed by atoms with van der Waals surface area (Å²) in [6.45, 7) is 9.10. The molecule has 31 heavy (non-hydrogen) atoms. The molecule has 162 valence electrons. The summed E-state index contributed by atoms with van der Waals surface area (Å²) < 4.78 is 12.0. The Morgan fingerprint density at radius 3 is 2.55 bits per heavy atom. The number of nitrogens with one attached hydrogen (secondary N) is 1. The predicted octanol–water partition coefficient (Wildman–Crippen LogP) is 2.85. The molecule has 1 aromatic heterocycles. The van der Waals surface area contributed by atoms with Gasteiger partial charge < -0.3 is 14.8 Å². The number of nitrogens with zero attached hydrogens (tertiary/aromatic N) is 4. The lowest BCUT2D eigenvalue weighted by Crippen LogP contribution is -2.23. The molecule has 0 saturated carbocycles. The van der Waals surface area contributed by atoms with Crippen LogP contribution < -0.4 is 14.8 Å². The average molecular weight is 423 g/mol. The number of aromatic nitrogens is 2. The largest absolute Gasteiger partial charge is 0.497 e. The van der Waals surface area contributed by atoms with Gasteiger partial charge in [-0.05, 0) is 44.9 Å². The van der Waals surface area contributed by atoms with E-state index >= 15 is 0 Å². The quantitative estimate of drug-likeness (QED) is 0.719. The molecule has 0 radical (unpaired) electrons. The summed E-state index contributed by atoms with van der Waals surface area (Å²) >= 11 is 0. The molecule has 3 rings (SSSR count). The molecule has 0 spiro atoms. The molecule has 1 N–H and O–H groups in total. The minimum absolute atomic E-state index is 0.173. The molecule has 0 fully saturated rings. The van der Waals surface area contributed by atoms with Gasteiger partial charge in [-0.25, -0.2) is 9.67 Å². The number of amides is 2. The van der Waals surface area contributed by atoms with E-state index in [1.165, 1.54) is 11.8 Å². The van der Waals surface area contributed by atoms with Crippen molar-refractivity contribution in [3.05, 3.63) is 47.3 Å². The maximum atomic E-state index is 12.6. The van der Waals surface area contributed by atoms with Gasteiger partial charge in [0.2, 0.25) is 5.91 Å². The van der Waals surface area contributed by atoms with Crippen molar-refractivity contribution >= 4 is 29.2 Å². The van der Waals surface area contributed by atoms with Gasteiger partial charge in [0.15, 0.2) is 0 Å². The lowest BCUT2D eigenvalue weighted by molar-refractivity contribution is -0.116. The number of carbonyl (C=O) groups is 2. The number of aryl methyl sites for hydroxylation is 1. The highest BCUT2D eigenvalue weighted by molar-refractivity contribution is 6.27. The fourth-order valence-corrected chi connectivity index (χ4v) is 3.24. The third kappa shape index (κ3) is 4.55. The molecule has 2 heterocycles. The highest BCUT2D eigenvalue weighted by atomic mass is 16.5. The van der Waals surface area contributed by atoms with E-state index in [4.69, 9.17) is 9.47 Å². The van der Waals surface area contributed by atoms with Crippen molar-refractivity contribution < 1.29 is 19.1 Å². The van der Waals surface area contributed by atoms with Crippen LogP contribution in [0.15, 0.2) is 40.3 Å². The van der Waals surface area contributed by atoms with Crippen LogP contribution in [0.4, 0.5) is 5.69 Å². The Balaban J connectivity index is 1.75. The SMILES string of the molecule is C=C1C(=O)N=C(n2nc(C)c(CCC(=O)Nc3cc(OC)ccc3OC)c2C)N=C1C. The van der Waals surface area contributed by atoms with Gasteiger partial charge in [-0.15, -0.1) is 0 Å². The zero-order valence-corrected chi connectivity index (χ0v) is 18.3. The van der Waals surface area contributed by atoms with Crippen LogP contribution in [0.5, 0.6) is 11.5 Å². The second-order valence-corrected chi connectivity index (χ2v) is 7.07. The van der Waals surface area contributed by atoms with Crippen LogP contribution in [-0.2, 0) is 16.0 Å². The van der Waals surface area contributed by atoms with Crippen molar-refractivity contribution in [2.75, 3.05) is 19.5 Å². The maximum Gasteiger partial charge on any atom is 0.281 e. The van der Waals surface area contributed by atoms with E-state index in [9.17, 15) is 9.59 Å². The fraction of sp³-hybridized carbons (Fsp3) is 0.318. The Morgan fingerprint density at radius 2 is 1.90 bits per heavy atom. The summed E-state index contributed by atoms with van der Waals surface area (Å²) in [5.41, 5.74) is 3.75. The van der Waals surface area contributed by atoms with Gasteiger partial charge in [-0.1, -0.05) is 6.58 Å². The summed E-state index contributed by atoms with van der Waals surface area (Å²) in [7, 11) is 3.10. The first-order valence-corrected chi connectivity index (χ1v) is 9.70. The van der Waals surface area contributed by atoms with E-state index in [2.05, 4.69) is 27.0 Å². The van der Waals surface area contributed by atoms with E-state index in [0.29, 0.717) is 29.3 Å². The van der Waals surface area contributed by atoms with Gasteiger partial charge in [0, 0.05) is 18.2 Å². The first-order chi connectivity index (χ1) is 14.7. The van der Waals surface area contributed by atoms with E-state index in [-0.39, 0.29) is 23.9 Å². The van der Waals surface area contributed by atoms with Gasteiger partial charge in [-0.3, -0.25) is 9.59 Å². The van der Waals surface area contributed by atoms with Gasteiger partial charge in [0.05, 0.1) is 36.9 Å². The second-order valence-electron chi connectivity index (χ2n) is 7.07. The Kier molecular flexibility index (Phi) is 6.33. The van der Waals surface area contributed by atoms with E-state index in [0.717, 1.165) is 17.0 Å². The monoisotopic (exact) mass is 423 g/mol. The van der Waals surface area contributed by atoms with Gasteiger partial charge in [-0.2, -0.15) is 10.1 Å². The fourth-order valence-electron chi connectivity index (χ4n) is 3.24. The van der Waals surface area contributed by atoms with Crippen LogP contribution in [0, 0.1) is 13.8 Å². The number of anilines is 1. The van der Waals surface area contributed by atoms with Crippen LogP contribution in [0.1, 0.15) is 30.3 Å². The van der Waals surface area contributed by atoms with Crippen LogP contribution in [0.2, 0.25) is 0 Å². The van der Waals surface area contributed by atoms with Gasteiger partial charge in [0.25, 0.3) is 11.9 Å². The zero-order valence-electron chi connectivity index (χ0n) is 18.3. The van der Waals surface area contributed by atoms with Crippen molar-refractivity contribution in [2.45, 2.75) is 33.6 Å². The molecular formula is C22H25N5O4. The standard InChI is InChI=1S/C22H25N5O4/c1-12-13(2)23-22(25-21(12)29)27-15(4)17(14(3)26-27)8-10-20(28)24-18-11-16(30-5)7-9-19(18)31-6/h7,9,11H,1,8,10H2,2-6H3,(H,24,28). The number of aliphatic imine (C=N–C) groups is 2. The van der Waals surface area contributed by atoms with Crippen LogP contribution >= 0.6 is 0 Å². The molecule has 0 aliphatic carbocycles. The third-order valence-electron chi connectivity index (χ3n) is 5.08. The number of benzene rings is 1. The lowest BCUT2D eigenvalue weighted by atomic mass is 10.1. The molecule has 1 aliphatic rings. The van der Waals surface area contributed by atoms with Crippen molar-refractivity contribution in [2.24, 2.45) is 9.98 Å². The highest BCUT2D eigenvalue weighted by Gasteiger charge is 2.22. The second kappa shape index (κ2) is 8.95. The number of hydrogen-bond acceptors (Lipinski definition) is 6. The van der Waals surface area contributed by atoms with Gasteiger partial charge in [0.1, 0.15) is 11.5 Å². The van der Waals surface area contributed by atoms with E-state index in [1.807, 2.05) is 13.8 Å². The molecule has 0 unspecified atom stereocenters. The van der Waals surface area contributed by atoms with Crippen LogP contribution in [-0.4, -0.2) is 47.5 Å². The first-order valence-electron chi connectivity index (χ1n) is 9.70. The molecule has 9 nitrogen and oxygen atoms in total. The van der Waals surface area contributed by atoms with Crippen LogP contribution in [0.3, 0.4) is 0 Å². The Morgan fingerprint density at radius 1 is 1.16 bits per heavy atom. The maximum absolute atomic E-state index is 12.6. The number of ether oxygens (including phenoxy) is 2. The summed E-state index contributed by atoms with van der Waals surface area (Å²) in [6.07, 6.45) is 0.699. The molecule has 1 aromatic carbocycles. The summed E-state index contributed by atoms with van der Waals surface area (Å²) in [4.78, 5) is 32.9. The van der Waals surface area contributed by atoms with E-state index in [1.54, 1.807) is 32.2 Å². The van der Waals surface area contributed by atoms with Crippen molar-refractivity contribution in [3.63, 3.8) is 0 Å². The van der Waals surface area contributed by atoms with Crippen molar-refractivity contribution in [1.82, 2.24) is 9.78 Å². The molecular weight excluding hydrogens is 398 g/mol. The molecule has 2 amide bonds. The lowest BCUT2D eigenvalue weighted by Gasteiger charge is -2.12. The smallest absolute Gasteiger partial charge is 0.281 e. The molecule has 0 atom stereocenters. The number of carbonyl (C=O) groups excluding carboxylic acids is 2. The number of hydrogen-bond donors (Lipinski definition) is 1. The highest BCUT2D eigenvalue weighted by Crippen LogP contribution is 2.29. The molecule has 0 bridgehead atoms. The summed E-state index contributed by atoms with van der Waals surface area (Å²) in [6, 6.07) is 5.20. The zero-order chi connectivity index (χ0) is 22.7. The van der Waals surface area contributed by atoms with Crippen molar-refractivity contribution in [1.29, 1.82) is 0 Å². The first kappa shape index (κ1) is 21.9. The minimum Gasteiger partial charge on any atom is -0.497 e. The predicted molar refractivity (Wildman–Crippen MR) is 118 cm³/mol. The Labute approximate surface area is 180 Å². The summed E-state index contributed by atoms with van der Waals surface area (Å²) in [5, 5.41) is 7.33. The topological polar surface area (TPSA) is 107 Å². The third-order valence-corrected chi connectivity index (χ3v) is 5.08. The molecule has 0 saturated heterocycles. The minimum atomic E-state index is -0.428. The molecule has 2 aromatic rings. The average Bonchev–Trinajstić information content (AvgIpc) is 3.03. The summed E-state index contributed by atoms with van der Waals surface area (Å²) in [5.74, 6) is 0.763. The normalized spacial score (nSPS) is 13.6. The van der Waals surface area contributed by atoms with E-state index < -0.39 is 5.91 Å². The van der Waals surface area contributed by atoms with Crippen molar-refractivity contribution in [3.8, 4) is 11.5 Å². The van der Waals surface area contributed by atoms with Gasteiger partial charge >= 0.3 is 0 Å². The van der Waals surface area contributed by atoms with Crippen LogP contribution in [0.25, 0.3) is 0 Å². The Hall–Kier alpha value is -3.75.